The SMILES string of the molecule is Cc1ccsc1C1NC(=O)c2c(C)cccc2N1. The van der Waals surface area contributed by atoms with Crippen molar-refractivity contribution < 1.29 is 4.79 Å². The predicted octanol–water partition coefficient (Wildman–Crippen LogP) is 3.22. The first-order valence-corrected chi connectivity index (χ1v) is 6.76. The van der Waals surface area contributed by atoms with Crippen LogP contribution in [0.1, 0.15) is 32.5 Å². The second-order valence-corrected chi connectivity index (χ2v) is 5.46. The summed E-state index contributed by atoms with van der Waals surface area (Å²) in [6.45, 7) is 4.02. The van der Waals surface area contributed by atoms with Gasteiger partial charge in [-0.25, -0.2) is 0 Å². The number of carbonyl (C=O) groups is 1. The van der Waals surface area contributed by atoms with Crippen molar-refractivity contribution in [2.45, 2.75) is 20.0 Å². The summed E-state index contributed by atoms with van der Waals surface area (Å²) in [6, 6.07) is 7.95. The average Bonchev–Trinajstić information content (AvgIpc) is 2.75. The molecule has 2 heterocycles. The topological polar surface area (TPSA) is 41.1 Å². The van der Waals surface area contributed by atoms with Crippen molar-refractivity contribution in [3.63, 3.8) is 0 Å². The molecule has 0 saturated heterocycles. The van der Waals surface area contributed by atoms with Crippen LogP contribution in [0.4, 0.5) is 5.69 Å². The molecule has 1 aliphatic heterocycles. The molecule has 0 aliphatic carbocycles. The largest absolute Gasteiger partial charge is 0.360 e. The Bertz CT molecular complexity index is 618. The highest BCUT2D eigenvalue weighted by molar-refractivity contribution is 7.10. The maximum absolute atomic E-state index is 12.2. The predicted molar refractivity (Wildman–Crippen MR) is 74.1 cm³/mol. The minimum Gasteiger partial charge on any atom is -0.360 e. The molecular formula is C14H14N2OS. The molecular weight excluding hydrogens is 244 g/mol. The van der Waals surface area contributed by atoms with E-state index in [9.17, 15) is 4.79 Å². The van der Waals surface area contributed by atoms with Crippen LogP contribution in [0.2, 0.25) is 0 Å². The average molecular weight is 258 g/mol. The van der Waals surface area contributed by atoms with Gasteiger partial charge in [0.05, 0.1) is 5.56 Å². The third kappa shape index (κ3) is 1.69. The molecule has 0 bridgehead atoms. The number of amides is 1. The summed E-state index contributed by atoms with van der Waals surface area (Å²) >= 11 is 1.66. The Morgan fingerprint density at radius 3 is 2.67 bits per heavy atom. The van der Waals surface area contributed by atoms with Crippen molar-refractivity contribution in [1.82, 2.24) is 5.32 Å². The molecule has 2 N–H and O–H groups in total. The molecule has 3 rings (SSSR count). The molecule has 1 unspecified atom stereocenters. The fourth-order valence-electron chi connectivity index (χ4n) is 2.30. The van der Waals surface area contributed by atoms with Crippen LogP contribution in [0.25, 0.3) is 0 Å². The van der Waals surface area contributed by atoms with Gasteiger partial charge >= 0.3 is 0 Å². The first kappa shape index (κ1) is 11.3. The van der Waals surface area contributed by atoms with Crippen LogP contribution in [0, 0.1) is 13.8 Å². The first-order valence-electron chi connectivity index (χ1n) is 5.88. The van der Waals surface area contributed by atoms with Crippen LogP contribution in [0.5, 0.6) is 0 Å². The molecule has 1 atom stereocenters. The van der Waals surface area contributed by atoms with Crippen molar-refractivity contribution in [3.05, 3.63) is 51.2 Å². The molecule has 0 saturated carbocycles. The molecule has 0 spiro atoms. The molecule has 18 heavy (non-hydrogen) atoms. The van der Waals surface area contributed by atoms with Crippen molar-refractivity contribution in [2.24, 2.45) is 0 Å². The zero-order chi connectivity index (χ0) is 12.7. The number of hydrogen-bond acceptors (Lipinski definition) is 3. The maximum Gasteiger partial charge on any atom is 0.255 e. The van der Waals surface area contributed by atoms with Gasteiger partial charge in [0.1, 0.15) is 6.17 Å². The summed E-state index contributed by atoms with van der Waals surface area (Å²) in [5.74, 6) is -0.000324. The van der Waals surface area contributed by atoms with Crippen LogP contribution in [0.15, 0.2) is 29.6 Å². The second-order valence-electron chi connectivity index (χ2n) is 4.52. The Hall–Kier alpha value is -1.81. The minimum atomic E-state index is -0.119. The number of anilines is 1. The fraction of sp³-hybridized carbons (Fsp3) is 0.214. The van der Waals surface area contributed by atoms with Gasteiger partial charge in [-0.3, -0.25) is 4.79 Å². The van der Waals surface area contributed by atoms with Crippen LogP contribution in [0.3, 0.4) is 0 Å². The second kappa shape index (κ2) is 4.14. The lowest BCUT2D eigenvalue weighted by molar-refractivity contribution is 0.0935. The Kier molecular flexibility index (Phi) is 2.59. The van der Waals surface area contributed by atoms with Gasteiger partial charge in [-0.05, 0) is 42.5 Å². The molecule has 0 radical (unpaired) electrons. The molecule has 0 fully saturated rings. The number of nitrogens with one attached hydrogen (secondary N) is 2. The summed E-state index contributed by atoms with van der Waals surface area (Å²) in [7, 11) is 0. The van der Waals surface area contributed by atoms with Crippen molar-refractivity contribution in [3.8, 4) is 0 Å². The van der Waals surface area contributed by atoms with Crippen LogP contribution in [-0.4, -0.2) is 5.91 Å². The number of carbonyl (C=O) groups excluding carboxylic acids is 1. The first-order chi connectivity index (χ1) is 8.66. The Labute approximate surface area is 110 Å². The third-order valence-corrected chi connectivity index (χ3v) is 4.32. The highest BCUT2D eigenvalue weighted by Crippen LogP contribution is 2.31. The zero-order valence-electron chi connectivity index (χ0n) is 10.3. The van der Waals surface area contributed by atoms with Crippen molar-refractivity contribution in [1.29, 1.82) is 0 Å². The van der Waals surface area contributed by atoms with E-state index in [1.807, 2.05) is 30.5 Å². The lowest BCUT2D eigenvalue weighted by Gasteiger charge is -2.28. The third-order valence-electron chi connectivity index (χ3n) is 3.24. The van der Waals surface area contributed by atoms with Crippen LogP contribution < -0.4 is 10.6 Å². The van der Waals surface area contributed by atoms with Gasteiger partial charge < -0.3 is 10.6 Å². The number of benzene rings is 1. The van der Waals surface area contributed by atoms with E-state index in [4.69, 9.17) is 0 Å². The maximum atomic E-state index is 12.2. The molecule has 3 nitrogen and oxygen atoms in total. The Morgan fingerprint density at radius 2 is 1.94 bits per heavy atom. The van der Waals surface area contributed by atoms with Gasteiger partial charge in [0.25, 0.3) is 5.91 Å². The van der Waals surface area contributed by atoms with E-state index in [0.29, 0.717) is 0 Å². The van der Waals surface area contributed by atoms with Gasteiger partial charge in [0.2, 0.25) is 0 Å². The number of hydrogen-bond donors (Lipinski definition) is 2. The van der Waals surface area contributed by atoms with Crippen LogP contribution >= 0.6 is 11.3 Å². The van der Waals surface area contributed by atoms with E-state index < -0.39 is 0 Å². The summed E-state index contributed by atoms with van der Waals surface area (Å²) in [4.78, 5) is 13.3. The van der Waals surface area contributed by atoms with Crippen LogP contribution in [-0.2, 0) is 0 Å². The molecule has 1 aliphatic rings. The van der Waals surface area contributed by atoms with Gasteiger partial charge in [0.15, 0.2) is 0 Å². The Morgan fingerprint density at radius 1 is 1.11 bits per heavy atom. The lowest BCUT2D eigenvalue weighted by Crippen LogP contribution is -2.38. The van der Waals surface area contributed by atoms with Gasteiger partial charge in [-0.15, -0.1) is 11.3 Å². The van der Waals surface area contributed by atoms with Crippen molar-refractivity contribution in [2.75, 3.05) is 5.32 Å². The quantitative estimate of drug-likeness (QED) is 0.824. The lowest BCUT2D eigenvalue weighted by atomic mass is 10.0. The van der Waals surface area contributed by atoms with E-state index in [1.54, 1.807) is 11.3 Å². The van der Waals surface area contributed by atoms with E-state index in [0.717, 1.165) is 21.7 Å². The minimum absolute atomic E-state index is 0.000324. The van der Waals surface area contributed by atoms with Gasteiger partial charge in [-0.1, -0.05) is 12.1 Å². The molecule has 4 heteroatoms. The van der Waals surface area contributed by atoms with E-state index in [2.05, 4.69) is 23.6 Å². The summed E-state index contributed by atoms with van der Waals surface area (Å²) in [5.41, 5.74) is 3.87. The smallest absolute Gasteiger partial charge is 0.255 e. The number of aryl methyl sites for hydroxylation is 2. The molecule has 2 aromatic rings. The van der Waals surface area contributed by atoms with E-state index in [-0.39, 0.29) is 12.1 Å². The summed E-state index contributed by atoms with van der Waals surface area (Å²) < 4.78 is 0. The van der Waals surface area contributed by atoms with Gasteiger partial charge in [0, 0.05) is 10.6 Å². The summed E-state index contributed by atoms with van der Waals surface area (Å²) in [6.07, 6.45) is -0.119. The fourth-order valence-corrected chi connectivity index (χ4v) is 3.22. The number of rotatable bonds is 1. The molecule has 1 amide bonds. The Balaban J connectivity index is 2.02. The molecule has 1 aromatic carbocycles. The van der Waals surface area contributed by atoms with Gasteiger partial charge in [-0.2, -0.15) is 0 Å². The normalized spacial score (nSPS) is 17.9. The highest BCUT2D eigenvalue weighted by atomic mass is 32.1. The zero-order valence-corrected chi connectivity index (χ0v) is 11.1. The molecule has 1 aromatic heterocycles. The summed E-state index contributed by atoms with van der Waals surface area (Å²) in [5, 5.41) is 8.45. The number of fused-ring (bicyclic) bond motifs is 1. The standard InChI is InChI=1S/C14H14N2OS/c1-8-4-3-5-10-11(8)14(17)16-13(15-10)12-9(2)6-7-18-12/h3-7,13,15H,1-2H3,(H,16,17). The monoisotopic (exact) mass is 258 g/mol. The molecule has 92 valence electrons. The number of thiophene rings is 1. The van der Waals surface area contributed by atoms with E-state index in [1.165, 1.54) is 5.56 Å². The van der Waals surface area contributed by atoms with E-state index >= 15 is 0 Å². The van der Waals surface area contributed by atoms with Crippen molar-refractivity contribution >= 4 is 22.9 Å². The highest BCUT2D eigenvalue weighted by Gasteiger charge is 2.27.